The lowest BCUT2D eigenvalue weighted by Crippen LogP contribution is -2.52. The van der Waals surface area contributed by atoms with Crippen LogP contribution < -0.4 is 5.32 Å². The molecule has 1 atom stereocenters. The third-order valence-electron chi connectivity index (χ3n) is 5.27. The summed E-state index contributed by atoms with van der Waals surface area (Å²) in [5.41, 5.74) is 1.73. The van der Waals surface area contributed by atoms with Crippen molar-refractivity contribution in [2.45, 2.75) is 24.9 Å². The fourth-order valence-corrected chi connectivity index (χ4v) is 3.62. The fraction of sp³-hybridized carbons (Fsp3) is 0.364. The van der Waals surface area contributed by atoms with Gasteiger partial charge in [-0.05, 0) is 30.5 Å². The summed E-state index contributed by atoms with van der Waals surface area (Å²) in [6.07, 6.45) is 2.15. The predicted molar refractivity (Wildman–Crippen MR) is 104 cm³/mol. The van der Waals surface area contributed by atoms with Gasteiger partial charge >= 0.3 is 0 Å². The maximum Gasteiger partial charge on any atom is 0.253 e. The van der Waals surface area contributed by atoms with Crippen LogP contribution >= 0.6 is 0 Å². The minimum Gasteiger partial charge on any atom is -0.352 e. The summed E-state index contributed by atoms with van der Waals surface area (Å²) >= 11 is 0. The first-order chi connectivity index (χ1) is 13.2. The highest BCUT2D eigenvalue weighted by atomic mass is 16.2. The lowest BCUT2D eigenvalue weighted by atomic mass is 10.0. The summed E-state index contributed by atoms with van der Waals surface area (Å²) in [5, 5.41) is 3.15. The van der Waals surface area contributed by atoms with Gasteiger partial charge in [0.2, 0.25) is 5.91 Å². The van der Waals surface area contributed by atoms with Gasteiger partial charge in [-0.3, -0.25) is 14.5 Å². The van der Waals surface area contributed by atoms with E-state index in [1.165, 1.54) is 0 Å². The number of piperazine rings is 1. The van der Waals surface area contributed by atoms with Crippen molar-refractivity contribution in [3.05, 3.63) is 71.8 Å². The molecule has 1 saturated heterocycles. The predicted octanol–water partition coefficient (Wildman–Crippen LogP) is 2.46. The summed E-state index contributed by atoms with van der Waals surface area (Å²) in [7, 11) is 0. The summed E-state index contributed by atoms with van der Waals surface area (Å²) in [6.45, 7) is 2.65. The molecule has 27 heavy (non-hydrogen) atoms. The number of carbonyl (C=O) groups is 2. The molecule has 2 aromatic rings. The Morgan fingerprint density at radius 3 is 2.04 bits per heavy atom. The monoisotopic (exact) mass is 363 g/mol. The summed E-state index contributed by atoms with van der Waals surface area (Å²) in [6, 6.07) is 19.4. The maximum absolute atomic E-state index is 12.9. The number of amides is 2. The quantitative estimate of drug-likeness (QED) is 0.888. The molecular formula is C22H25N3O2. The Bertz CT molecular complexity index is 782. The van der Waals surface area contributed by atoms with E-state index in [9.17, 15) is 9.59 Å². The van der Waals surface area contributed by atoms with Crippen molar-refractivity contribution < 1.29 is 9.59 Å². The third kappa shape index (κ3) is 4.19. The molecule has 1 N–H and O–H groups in total. The van der Waals surface area contributed by atoms with E-state index in [1.54, 1.807) is 0 Å². The summed E-state index contributed by atoms with van der Waals surface area (Å²) < 4.78 is 0. The molecule has 4 rings (SSSR count). The van der Waals surface area contributed by atoms with Gasteiger partial charge in [0.1, 0.15) is 6.04 Å². The Morgan fingerprint density at radius 2 is 1.44 bits per heavy atom. The standard InChI is InChI=1S/C22H25N3O2/c26-21(23-19-11-12-19)20(17-7-3-1-4-8-17)24-13-15-25(16-14-24)22(27)18-9-5-2-6-10-18/h1-10,19-20H,11-16H2,(H,23,26)/t20-/m1/s1. The van der Waals surface area contributed by atoms with Gasteiger partial charge in [-0.2, -0.15) is 0 Å². The molecule has 2 fully saturated rings. The van der Waals surface area contributed by atoms with Gasteiger partial charge in [-0.25, -0.2) is 0 Å². The van der Waals surface area contributed by atoms with Gasteiger partial charge in [-0.1, -0.05) is 48.5 Å². The normalized spacial score (nSPS) is 18.7. The van der Waals surface area contributed by atoms with Crippen molar-refractivity contribution >= 4 is 11.8 Å². The average Bonchev–Trinajstić information content (AvgIpc) is 3.54. The molecule has 1 aliphatic carbocycles. The average molecular weight is 363 g/mol. The van der Waals surface area contributed by atoms with Crippen molar-refractivity contribution in [1.29, 1.82) is 0 Å². The molecule has 1 aliphatic heterocycles. The molecule has 1 heterocycles. The zero-order chi connectivity index (χ0) is 18.6. The molecule has 0 spiro atoms. The van der Waals surface area contributed by atoms with E-state index in [0.717, 1.165) is 24.0 Å². The third-order valence-corrected chi connectivity index (χ3v) is 5.27. The Hall–Kier alpha value is -2.66. The van der Waals surface area contributed by atoms with Gasteiger partial charge in [0.15, 0.2) is 0 Å². The van der Waals surface area contributed by atoms with E-state index < -0.39 is 0 Å². The highest BCUT2D eigenvalue weighted by molar-refractivity contribution is 5.94. The van der Waals surface area contributed by atoms with Crippen LogP contribution in [0.1, 0.15) is 34.8 Å². The van der Waals surface area contributed by atoms with Crippen LogP contribution in [0.15, 0.2) is 60.7 Å². The van der Waals surface area contributed by atoms with E-state index >= 15 is 0 Å². The second-order valence-electron chi connectivity index (χ2n) is 7.29. The van der Waals surface area contributed by atoms with Gasteiger partial charge < -0.3 is 10.2 Å². The number of nitrogens with zero attached hydrogens (tertiary/aromatic N) is 2. The Balaban J connectivity index is 1.45. The summed E-state index contributed by atoms with van der Waals surface area (Å²) in [4.78, 5) is 29.6. The van der Waals surface area contributed by atoms with Crippen LogP contribution in [0.5, 0.6) is 0 Å². The summed E-state index contributed by atoms with van der Waals surface area (Å²) in [5.74, 6) is 0.139. The molecule has 5 nitrogen and oxygen atoms in total. The van der Waals surface area contributed by atoms with Crippen LogP contribution in [0.25, 0.3) is 0 Å². The Labute approximate surface area is 160 Å². The van der Waals surface area contributed by atoms with Crippen molar-refractivity contribution in [2.24, 2.45) is 0 Å². The molecule has 5 heteroatoms. The lowest BCUT2D eigenvalue weighted by Gasteiger charge is -2.38. The maximum atomic E-state index is 12.9. The van der Waals surface area contributed by atoms with Crippen molar-refractivity contribution in [2.75, 3.05) is 26.2 Å². The fourth-order valence-electron chi connectivity index (χ4n) is 3.62. The highest BCUT2D eigenvalue weighted by Crippen LogP contribution is 2.26. The zero-order valence-electron chi connectivity index (χ0n) is 15.4. The van der Waals surface area contributed by atoms with Gasteiger partial charge in [0.05, 0.1) is 0 Å². The number of nitrogens with one attached hydrogen (secondary N) is 1. The van der Waals surface area contributed by atoms with E-state index in [-0.39, 0.29) is 17.9 Å². The second kappa shape index (κ2) is 7.92. The Kier molecular flexibility index (Phi) is 5.21. The molecule has 2 aliphatic rings. The number of hydrogen-bond acceptors (Lipinski definition) is 3. The van der Waals surface area contributed by atoms with E-state index in [4.69, 9.17) is 0 Å². The molecule has 0 aromatic heterocycles. The largest absolute Gasteiger partial charge is 0.352 e. The SMILES string of the molecule is O=C(NC1CC1)[C@@H](c1ccccc1)N1CCN(C(=O)c2ccccc2)CC1. The minimum absolute atomic E-state index is 0.0638. The molecule has 140 valence electrons. The smallest absolute Gasteiger partial charge is 0.253 e. The number of benzene rings is 2. The Morgan fingerprint density at radius 1 is 0.852 bits per heavy atom. The van der Waals surface area contributed by atoms with E-state index in [1.807, 2.05) is 65.6 Å². The molecule has 1 saturated carbocycles. The lowest BCUT2D eigenvalue weighted by molar-refractivity contribution is -0.127. The zero-order valence-corrected chi connectivity index (χ0v) is 15.4. The molecule has 0 radical (unpaired) electrons. The molecule has 0 bridgehead atoms. The van der Waals surface area contributed by atoms with Gasteiger partial charge in [0.25, 0.3) is 5.91 Å². The topological polar surface area (TPSA) is 52.7 Å². The first kappa shape index (κ1) is 17.7. The first-order valence-corrected chi connectivity index (χ1v) is 9.66. The van der Waals surface area contributed by atoms with Crippen LogP contribution in [-0.2, 0) is 4.79 Å². The molecular weight excluding hydrogens is 338 g/mol. The van der Waals surface area contributed by atoms with Gasteiger partial charge in [-0.15, -0.1) is 0 Å². The molecule has 2 amide bonds. The van der Waals surface area contributed by atoms with Crippen LogP contribution in [0.4, 0.5) is 0 Å². The van der Waals surface area contributed by atoms with Crippen LogP contribution in [0.2, 0.25) is 0 Å². The van der Waals surface area contributed by atoms with E-state index in [0.29, 0.717) is 32.2 Å². The van der Waals surface area contributed by atoms with Crippen LogP contribution in [-0.4, -0.2) is 53.8 Å². The number of carbonyl (C=O) groups excluding carboxylic acids is 2. The second-order valence-corrected chi connectivity index (χ2v) is 7.29. The van der Waals surface area contributed by atoms with Gasteiger partial charge in [0, 0.05) is 37.8 Å². The molecule has 0 unspecified atom stereocenters. The van der Waals surface area contributed by atoms with Crippen molar-refractivity contribution in [3.63, 3.8) is 0 Å². The highest BCUT2D eigenvalue weighted by Gasteiger charge is 2.34. The van der Waals surface area contributed by atoms with Crippen LogP contribution in [0, 0.1) is 0 Å². The van der Waals surface area contributed by atoms with Crippen molar-refractivity contribution in [3.8, 4) is 0 Å². The minimum atomic E-state index is -0.291. The van der Waals surface area contributed by atoms with E-state index in [2.05, 4.69) is 10.2 Å². The number of rotatable bonds is 5. The van der Waals surface area contributed by atoms with Crippen molar-refractivity contribution in [1.82, 2.24) is 15.1 Å². The van der Waals surface area contributed by atoms with Crippen LogP contribution in [0.3, 0.4) is 0 Å². The molecule has 2 aromatic carbocycles. The number of hydrogen-bond donors (Lipinski definition) is 1. The first-order valence-electron chi connectivity index (χ1n) is 9.66.